The van der Waals surface area contributed by atoms with Gasteiger partial charge in [0.2, 0.25) is 0 Å². The van der Waals surface area contributed by atoms with Gasteiger partial charge in [-0.05, 0) is 31.5 Å². The molecular formula is C17H15ClN4S. The Morgan fingerprint density at radius 3 is 2.74 bits per heavy atom. The average Bonchev–Trinajstić information content (AvgIpc) is 3.09. The molecule has 0 amide bonds. The molecule has 0 N–H and O–H groups in total. The topological polar surface area (TPSA) is 43.1 Å². The third-order valence-corrected chi connectivity index (χ3v) is 5.47. The highest BCUT2D eigenvalue weighted by atomic mass is 35.5. The molecule has 0 saturated carbocycles. The van der Waals surface area contributed by atoms with Crippen molar-refractivity contribution >= 4 is 28.6 Å². The van der Waals surface area contributed by atoms with Gasteiger partial charge in [0.15, 0.2) is 5.82 Å². The fraction of sp³-hybridized carbons (Fsp3) is 0.235. The number of rotatable bonds is 2. The highest BCUT2D eigenvalue weighted by Crippen LogP contribution is 2.33. The number of aliphatic imine (C=N–C) groups is 1. The molecule has 0 atom stereocenters. The van der Waals surface area contributed by atoms with Gasteiger partial charge in [-0.1, -0.05) is 30.7 Å². The minimum absolute atomic E-state index is 0.529. The maximum Gasteiger partial charge on any atom is 0.160 e. The first-order valence-corrected chi connectivity index (χ1v) is 8.71. The molecule has 4 nitrogen and oxygen atoms in total. The molecule has 0 unspecified atom stereocenters. The fourth-order valence-electron chi connectivity index (χ4n) is 2.80. The van der Waals surface area contributed by atoms with E-state index in [2.05, 4.69) is 27.8 Å². The van der Waals surface area contributed by atoms with Gasteiger partial charge in [-0.25, -0.2) is 0 Å². The van der Waals surface area contributed by atoms with Crippen molar-refractivity contribution in [2.45, 2.75) is 26.8 Å². The molecule has 0 spiro atoms. The lowest BCUT2D eigenvalue weighted by Gasteiger charge is -2.07. The van der Waals surface area contributed by atoms with Crippen LogP contribution in [0.5, 0.6) is 0 Å². The Labute approximate surface area is 143 Å². The van der Waals surface area contributed by atoms with Crippen molar-refractivity contribution in [3.8, 4) is 5.00 Å². The summed E-state index contributed by atoms with van der Waals surface area (Å²) in [6, 6.07) is 10.1. The summed E-state index contributed by atoms with van der Waals surface area (Å²) in [4.78, 5) is 6.15. The summed E-state index contributed by atoms with van der Waals surface area (Å²) in [7, 11) is 0. The van der Waals surface area contributed by atoms with Crippen LogP contribution in [0, 0.1) is 6.92 Å². The Hall–Kier alpha value is -1.98. The van der Waals surface area contributed by atoms with Crippen LogP contribution in [0.2, 0.25) is 5.02 Å². The second-order valence-electron chi connectivity index (χ2n) is 5.46. The van der Waals surface area contributed by atoms with Crippen molar-refractivity contribution in [3.63, 3.8) is 0 Å². The van der Waals surface area contributed by atoms with Crippen LogP contribution in [0.15, 0.2) is 35.3 Å². The zero-order valence-electron chi connectivity index (χ0n) is 12.9. The molecule has 1 aromatic carbocycles. The summed E-state index contributed by atoms with van der Waals surface area (Å²) in [6.07, 6.45) is 1.00. The summed E-state index contributed by atoms with van der Waals surface area (Å²) >= 11 is 7.81. The molecule has 0 radical (unpaired) electrons. The highest BCUT2D eigenvalue weighted by molar-refractivity contribution is 7.15. The van der Waals surface area contributed by atoms with Gasteiger partial charge in [-0.15, -0.1) is 21.5 Å². The molecule has 3 aromatic rings. The van der Waals surface area contributed by atoms with Crippen molar-refractivity contribution < 1.29 is 0 Å². The highest BCUT2D eigenvalue weighted by Gasteiger charge is 2.24. The molecule has 6 heteroatoms. The standard InChI is InChI=1S/C17H15ClN4S/c1-3-13-8-14-16(11-4-6-12(18)7-5-11)19-9-15-21-20-10(2)22(15)17(14)23-13/h4-8H,3,9H2,1-2H3. The molecule has 23 heavy (non-hydrogen) atoms. The largest absolute Gasteiger partial charge is 0.276 e. The molecule has 0 saturated heterocycles. The van der Waals surface area contributed by atoms with Crippen molar-refractivity contribution in [3.05, 3.63) is 63.0 Å². The molecule has 1 aliphatic rings. The lowest BCUT2D eigenvalue weighted by Crippen LogP contribution is -2.05. The summed E-state index contributed by atoms with van der Waals surface area (Å²) in [5.74, 6) is 1.79. The van der Waals surface area contributed by atoms with Crippen LogP contribution in [0.25, 0.3) is 5.00 Å². The fourth-order valence-corrected chi connectivity index (χ4v) is 4.09. The number of aryl methyl sites for hydroxylation is 2. The lowest BCUT2D eigenvalue weighted by atomic mass is 10.0. The maximum atomic E-state index is 6.03. The molecule has 1 aliphatic heterocycles. The number of hydrogen-bond donors (Lipinski definition) is 0. The van der Waals surface area contributed by atoms with E-state index < -0.39 is 0 Å². The van der Waals surface area contributed by atoms with E-state index in [1.54, 1.807) is 11.3 Å². The molecule has 2 aromatic heterocycles. The van der Waals surface area contributed by atoms with Crippen LogP contribution >= 0.6 is 22.9 Å². The molecule has 4 rings (SSSR count). The van der Waals surface area contributed by atoms with Gasteiger partial charge in [0, 0.05) is 21.0 Å². The van der Waals surface area contributed by atoms with E-state index in [4.69, 9.17) is 16.6 Å². The lowest BCUT2D eigenvalue weighted by molar-refractivity contribution is 0.869. The zero-order valence-corrected chi connectivity index (χ0v) is 14.4. The van der Waals surface area contributed by atoms with Crippen LogP contribution in [-0.4, -0.2) is 20.5 Å². The van der Waals surface area contributed by atoms with E-state index in [-0.39, 0.29) is 0 Å². The Morgan fingerprint density at radius 1 is 1.22 bits per heavy atom. The van der Waals surface area contributed by atoms with Gasteiger partial charge in [0.25, 0.3) is 0 Å². The van der Waals surface area contributed by atoms with Crippen LogP contribution in [0.3, 0.4) is 0 Å². The first kappa shape index (κ1) is 14.6. The number of hydrogen-bond acceptors (Lipinski definition) is 4. The predicted octanol–water partition coefficient (Wildman–Crippen LogP) is 4.20. The van der Waals surface area contributed by atoms with E-state index >= 15 is 0 Å². The first-order chi connectivity index (χ1) is 11.2. The molecular weight excluding hydrogens is 328 g/mol. The van der Waals surface area contributed by atoms with Gasteiger partial charge < -0.3 is 0 Å². The molecule has 3 heterocycles. The predicted molar refractivity (Wildman–Crippen MR) is 94.1 cm³/mol. The van der Waals surface area contributed by atoms with Crippen LogP contribution in [0.4, 0.5) is 0 Å². The van der Waals surface area contributed by atoms with Crippen molar-refractivity contribution in [1.82, 2.24) is 14.8 Å². The molecule has 0 bridgehead atoms. The Balaban J connectivity index is 1.95. The average molecular weight is 343 g/mol. The van der Waals surface area contributed by atoms with Crippen molar-refractivity contribution in [2.75, 3.05) is 0 Å². The quantitative estimate of drug-likeness (QED) is 0.700. The van der Waals surface area contributed by atoms with Crippen LogP contribution in [-0.2, 0) is 13.0 Å². The Kier molecular flexibility index (Phi) is 3.54. The summed E-state index contributed by atoms with van der Waals surface area (Å²) in [5.41, 5.74) is 3.22. The SMILES string of the molecule is CCc1cc2c(s1)-n1c(C)nnc1CN=C2c1ccc(Cl)cc1. The van der Waals surface area contributed by atoms with Crippen molar-refractivity contribution in [2.24, 2.45) is 4.99 Å². The number of nitrogens with zero attached hydrogens (tertiary/aromatic N) is 4. The Bertz CT molecular complexity index is 905. The third-order valence-electron chi connectivity index (χ3n) is 3.96. The van der Waals surface area contributed by atoms with Crippen molar-refractivity contribution in [1.29, 1.82) is 0 Å². The molecule has 0 fully saturated rings. The second-order valence-corrected chi connectivity index (χ2v) is 7.01. The number of thiophene rings is 1. The van der Waals surface area contributed by atoms with E-state index in [0.29, 0.717) is 6.54 Å². The van der Waals surface area contributed by atoms with Gasteiger partial charge in [-0.2, -0.15) is 0 Å². The molecule has 116 valence electrons. The van der Waals surface area contributed by atoms with E-state index in [1.165, 1.54) is 4.88 Å². The summed E-state index contributed by atoms with van der Waals surface area (Å²) in [6.45, 7) is 4.69. The molecule has 0 aliphatic carbocycles. The summed E-state index contributed by atoms with van der Waals surface area (Å²) < 4.78 is 2.13. The maximum absolute atomic E-state index is 6.03. The minimum atomic E-state index is 0.529. The number of fused-ring (bicyclic) bond motifs is 3. The van der Waals surface area contributed by atoms with Gasteiger partial charge in [0.05, 0.1) is 5.71 Å². The van der Waals surface area contributed by atoms with Gasteiger partial charge >= 0.3 is 0 Å². The monoisotopic (exact) mass is 342 g/mol. The van der Waals surface area contributed by atoms with E-state index in [9.17, 15) is 0 Å². The number of halogens is 1. The third kappa shape index (κ3) is 2.40. The second kappa shape index (κ2) is 5.58. The van der Waals surface area contributed by atoms with Gasteiger partial charge in [-0.3, -0.25) is 9.56 Å². The van der Waals surface area contributed by atoms with Crippen LogP contribution < -0.4 is 0 Å². The normalized spacial score (nSPS) is 13.3. The zero-order chi connectivity index (χ0) is 16.0. The van der Waals surface area contributed by atoms with E-state index in [0.717, 1.165) is 44.9 Å². The smallest absolute Gasteiger partial charge is 0.160 e. The number of aromatic nitrogens is 3. The van der Waals surface area contributed by atoms with Gasteiger partial charge in [0.1, 0.15) is 17.4 Å². The first-order valence-electron chi connectivity index (χ1n) is 7.52. The minimum Gasteiger partial charge on any atom is -0.276 e. The van der Waals surface area contributed by atoms with E-state index in [1.807, 2.05) is 31.2 Å². The number of benzene rings is 1. The Morgan fingerprint density at radius 2 is 2.00 bits per heavy atom. The van der Waals surface area contributed by atoms with Crippen LogP contribution in [0.1, 0.15) is 34.6 Å². The summed E-state index contributed by atoms with van der Waals surface area (Å²) in [5, 5.41) is 10.4.